The minimum Gasteiger partial charge on any atom is -0.460 e. The third kappa shape index (κ3) is 2.19. The normalized spacial score (nSPS) is 13.3. The molecule has 0 bridgehead atoms. The van der Waals surface area contributed by atoms with Crippen LogP contribution in [0.2, 0.25) is 0 Å². The molecule has 0 saturated carbocycles. The number of carbonyl (C=O) groups excluding carboxylic acids is 1. The fraction of sp³-hybridized carbons (Fsp3) is 0.444. The highest BCUT2D eigenvalue weighted by molar-refractivity contribution is 9.10. The van der Waals surface area contributed by atoms with E-state index in [0.29, 0.717) is 4.47 Å². The number of hydrogen-bond donors (Lipinski definition) is 1. The van der Waals surface area contributed by atoms with Crippen LogP contribution in [0.25, 0.3) is 0 Å². The molecule has 72 valence electrons. The Morgan fingerprint density at radius 3 is 2.62 bits per heavy atom. The molecule has 0 spiro atoms. The fourth-order valence-electron chi connectivity index (χ4n) is 0.907. The molecule has 0 aromatic carbocycles. The van der Waals surface area contributed by atoms with Gasteiger partial charge in [0.2, 0.25) is 5.78 Å². The zero-order valence-electron chi connectivity index (χ0n) is 7.45. The van der Waals surface area contributed by atoms with Crippen LogP contribution in [0, 0.1) is 5.92 Å². The van der Waals surface area contributed by atoms with Crippen molar-refractivity contribution in [2.75, 3.05) is 0 Å². The highest BCUT2D eigenvalue weighted by atomic mass is 79.9. The summed E-state index contributed by atoms with van der Waals surface area (Å²) in [5.41, 5.74) is 0. The summed E-state index contributed by atoms with van der Waals surface area (Å²) in [4.78, 5) is 11.5. The van der Waals surface area contributed by atoms with Gasteiger partial charge in [-0.05, 0) is 27.9 Å². The van der Waals surface area contributed by atoms with Crippen LogP contribution in [0.3, 0.4) is 0 Å². The van der Waals surface area contributed by atoms with Gasteiger partial charge in [0.25, 0.3) is 0 Å². The first-order valence-electron chi connectivity index (χ1n) is 3.99. The van der Waals surface area contributed by atoms with Gasteiger partial charge in [0.1, 0.15) is 6.10 Å². The number of hydrogen-bond acceptors (Lipinski definition) is 3. The molecule has 0 aliphatic rings. The van der Waals surface area contributed by atoms with E-state index in [1.165, 1.54) is 6.26 Å². The Kier molecular flexibility index (Phi) is 3.27. The van der Waals surface area contributed by atoms with Gasteiger partial charge in [-0.3, -0.25) is 4.79 Å². The highest BCUT2D eigenvalue weighted by Gasteiger charge is 2.24. The number of aliphatic hydroxyl groups excluding tert-OH is 1. The molecule has 0 aliphatic heterocycles. The van der Waals surface area contributed by atoms with Crippen LogP contribution in [0.1, 0.15) is 24.4 Å². The first kappa shape index (κ1) is 10.5. The molecule has 0 radical (unpaired) electrons. The third-order valence-corrected chi connectivity index (χ3v) is 2.37. The van der Waals surface area contributed by atoms with Crippen LogP contribution in [-0.4, -0.2) is 17.0 Å². The molecule has 0 saturated heterocycles. The minimum absolute atomic E-state index is 0.107. The van der Waals surface area contributed by atoms with E-state index in [-0.39, 0.29) is 17.5 Å². The smallest absolute Gasteiger partial charge is 0.227 e. The Labute approximate surface area is 84.9 Å². The van der Waals surface area contributed by atoms with Crippen molar-refractivity contribution in [2.45, 2.75) is 20.0 Å². The molecular weight excluding hydrogens is 236 g/mol. The second-order valence-corrected chi connectivity index (χ2v) is 4.01. The minimum atomic E-state index is -0.998. The molecule has 1 rings (SSSR count). The van der Waals surface area contributed by atoms with Gasteiger partial charge in [-0.2, -0.15) is 0 Å². The molecule has 1 aromatic rings. The van der Waals surface area contributed by atoms with E-state index in [2.05, 4.69) is 15.9 Å². The Bertz CT molecular complexity index is 304. The van der Waals surface area contributed by atoms with E-state index >= 15 is 0 Å². The number of furan rings is 1. The number of aliphatic hydroxyl groups is 1. The van der Waals surface area contributed by atoms with Crippen molar-refractivity contribution in [2.24, 2.45) is 5.92 Å². The molecule has 0 amide bonds. The van der Waals surface area contributed by atoms with E-state index in [0.717, 1.165) is 0 Å². The standard InChI is InChI=1S/C9H11BrO3/c1-5(2)7(11)8(12)9-6(10)3-4-13-9/h3-5,7,11H,1-2H3. The van der Waals surface area contributed by atoms with Crippen molar-refractivity contribution in [3.63, 3.8) is 0 Å². The first-order valence-corrected chi connectivity index (χ1v) is 4.78. The molecular formula is C9H11BrO3. The zero-order chi connectivity index (χ0) is 10.0. The number of Topliss-reactive ketones (excluding diaryl/α,β-unsaturated/α-hetero) is 1. The predicted octanol–water partition coefficient (Wildman–Crippen LogP) is 2.24. The molecule has 1 aromatic heterocycles. The summed E-state index contributed by atoms with van der Waals surface area (Å²) in [5.74, 6) is -0.308. The highest BCUT2D eigenvalue weighted by Crippen LogP contribution is 2.20. The summed E-state index contributed by atoms with van der Waals surface area (Å²) in [6, 6.07) is 1.63. The molecule has 13 heavy (non-hydrogen) atoms. The maximum atomic E-state index is 11.5. The first-order chi connectivity index (χ1) is 6.04. The van der Waals surface area contributed by atoms with Crippen LogP contribution >= 0.6 is 15.9 Å². The molecule has 1 atom stereocenters. The van der Waals surface area contributed by atoms with Gasteiger partial charge < -0.3 is 9.52 Å². The maximum Gasteiger partial charge on any atom is 0.227 e. The Morgan fingerprint density at radius 1 is 1.62 bits per heavy atom. The molecule has 0 fully saturated rings. The summed E-state index contributed by atoms with van der Waals surface area (Å²) in [6.07, 6.45) is 0.409. The average Bonchev–Trinajstić information content (AvgIpc) is 2.48. The summed E-state index contributed by atoms with van der Waals surface area (Å²) < 4.78 is 5.52. The largest absolute Gasteiger partial charge is 0.460 e. The predicted molar refractivity (Wildman–Crippen MR) is 51.6 cm³/mol. The fourth-order valence-corrected chi connectivity index (χ4v) is 1.30. The van der Waals surface area contributed by atoms with Crippen LogP contribution in [0.15, 0.2) is 21.2 Å². The van der Waals surface area contributed by atoms with Crippen molar-refractivity contribution in [3.8, 4) is 0 Å². The lowest BCUT2D eigenvalue weighted by Gasteiger charge is -2.11. The van der Waals surface area contributed by atoms with Crippen LogP contribution in [-0.2, 0) is 0 Å². The van der Waals surface area contributed by atoms with Crippen molar-refractivity contribution in [3.05, 3.63) is 22.6 Å². The van der Waals surface area contributed by atoms with E-state index in [1.807, 2.05) is 0 Å². The molecule has 1 unspecified atom stereocenters. The molecule has 3 nitrogen and oxygen atoms in total. The van der Waals surface area contributed by atoms with Gasteiger partial charge in [0, 0.05) is 0 Å². The van der Waals surface area contributed by atoms with Gasteiger partial charge in [0.05, 0.1) is 10.7 Å². The van der Waals surface area contributed by atoms with Crippen LogP contribution in [0.5, 0.6) is 0 Å². The lowest BCUT2D eigenvalue weighted by molar-refractivity contribution is 0.0617. The van der Waals surface area contributed by atoms with Crippen molar-refractivity contribution in [1.29, 1.82) is 0 Å². The Hall–Kier alpha value is -0.610. The van der Waals surface area contributed by atoms with Gasteiger partial charge in [-0.15, -0.1) is 0 Å². The summed E-state index contributed by atoms with van der Waals surface area (Å²) in [7, 11) is 0. The van der Waals surface area contributed by atoms with Crippen molar-refractivity contribution in [1.82, 2.24) is 0 Å². The van der Waals surface area contributed by atoms with E-state index < -0.39 is 6.10 Å². The monoisotopic (exact) mass is 246 g/mol. The Balaban J connectivity index is 2.86. The topological polar surface area (TPSA) is 50.4 Å². The maximum absolute atomic E-state index is 11.5. The second-order valence-electron chi connectivity index (χ2n) is 3.15. The Morgan fingerprint density at radius 2 is 2.23 bits per heavy atom. The van der Waals surface area contributed by atoms with Crippen LogP contribution in [0.4, 0.5) is 0 Å². The quantitative estimate of drug-likeness (QED) is 0.833. The second kappa shape index (κ2) is 4.07. The van der Waals surface area contributed by atoms with Gasteiger partial charge in [0.15, 0.2) is 5.76 Å². The molecule has 4 heteroatoms. The summed E-state index contributed by atoms with van der Waals surface area (Å²) in [5, 5.41) is 9.46. The van der Waals surface area contributed by atoms with Gasteiger partial charge >= 0.3 is 0 Å². The van der Waals surface area contributed by atoms with Gasteiger partial charge in [-0.25, -0.2) is 0 Å². The number of carbonyl (C=O) groups is 1. The number of ketones is 1. The average molecular weight is 247 g/mol. The van der Waals surface area contributed by atoms with E-state index in [1.54, 1.807) is 19.9 Å². The van der Waals surface area contributed by atoms with E-state index in [4.69, 9.17) is 4.42 Å². The lowest BCUT2D eigenvalue weighted by atomic mass is 10.0. The summed E-state index contributed by atoms with van der Waals surface area (Å²) >= 11 is 3.16. The SMILES string of the molecule is CC(C)C(O)C(=O)c1occc1Br. The van der Waals surface area contributed by atoms with E-state index in [9.17, 15) is 9.90 Å². The van der Waals surface area contributed by atoms with Crippen molar-refractivity contribution >= 4 is 21.7 Å². The lowest BCUT2D eigenvalue weighted by Crippen LogP contribution is -2.25. The number of rotatable bonds is 3. The van der Waals surface area contributed by atoms with Gasteiger partial charge in [-0.1, -0.05) is 13.8 Å². The molecule has 1 N–H and O–H groups in total. The van der Waals surface area contributed by atoms with Crippen LogP contribution < -0.4 is 0 Å². The van der Waals surface area contributed by atoms with Crippen molar-refractivity contribution < 1.29 is 14.3 Å². The molecule has 1 heterocycles. The number of halogens is 1. The third-order valence-electron chi connectivity index (χ3n) is 1.74. The summed E-state index contributed by atoms with van der Waals surface area (Å²) in [6.45, 7) is 3.55. The molecule has 0 aliphatic carbocycles. The zero-order valence-corrected chi connectivity index (χ0v) is 9.04.